The molecular weight excluding hydrogens is 267 g/mol. The van der Waals surface area contributed by atoms with Crippen LogP contribution in [0.3, 0.4) is 0 Å². The fourth-order valence-electron chi connectivity index (χ4n) is 2.02. The summed E-state index contributed by atoms with van der Waals surface area (Å²) >= 11 is 0. The van der Waals surface area contributed by atoms with Gasteiger partial charge in [0.25, 0.3) is 0 Å². The summed E-state index contributed by atoms with van der Waals surface area (Å²) in [6.07, 6.45) is 0.403. The Kier molecular flexibility index (Phi) is 5.32. The quantitative estimate of drug-likeness (QED) is 0.883. The van der Waals surface area contributed by atoms with E-state index in [1.165, 1.54) is 12.1 Å². The number of hydrogen-bond donors (Lipinski definition) is 1. The lowest BCUT2D eigenvalue weighted by molar-refractivity contribution is -0.130. The molecule has 2 rings (SSSR count). The van der Waals surface area contributed by atoms with E-state index in [0.717, 1.165) is 11.3 Å². The van der Waals surface area contributed by atoms with Gasteiger partial charge in [0, 0.05) is 32.2 Å². The second kappa shape index (κ2) is 7.43. The van der Waals surface area contributed by atoms with Crippen LogP contribution in [-0.2, 0) is 11.3 Å². The summed E-state index contributed by atoms with van der Waals surface area (Å²) in [4.78, 5) is 13.7. The van der Waals surface area contributed by atoms with Crippen molar-refractivity contribution in [2.24, 2.45) is 0 Å². The van der Waals surface area contributed by atoms with Crippen LogP contribution in [0.25, 0.3) is 0 Å². The average molecular weight is 286 g/mol. The Labute approximate surface area is 124 Å². The molecule has 1 N–H and O–H groups in total. The van der Waals surface area contributed by atoms with Gasteiger partial charge in [-0.2, -0.15) is 0 Å². The van der Waals surface area contributed by atoms with Gasteiger partial charge in [-0.1, -0.05) is 30.3 Å². The van der Waals surface area contributed by atoms with Crippen molar-refractivity contribution >= 4 is 11.6 Å². The summed E-state index contributed by atoms with van der Waals surface area (Å²) in [6, 6.07) is 16.0. The largest absolute Gasteiger partial charge is 0.385 e. The van der Waals surface area contributed by atoms with Crippen molar-refractivity contribution in [3.05, 3.63) is 66.0 Å². The number of carbonyl (C=O) groups excluding carboxylic acids is 1. The third-order valence-corrected chi connectivity index (χ3v) is 3.20. The summed E-state index contributed by atoms with van der Waals surface area (Å²) in [5, 5.41) is 3.11. The molecule has 21 heavy (non-hydrogen) atoms. The SMILES string of the molecule is CN(Cc1ccccc1)C(=O)CCNc1ccc(F)cc1. The Morgan fingerprint density at radius 2 is 1.76 bits per heavy atom. The molecule has 0 aliphatic rings. The normalized spacial score (nSPS) is 10.2. The summed E-state index contributed by atoms with van der Waals surface area (Å²) in [5.41, 5.74) is 1.93. The zero-order chi connectivity index (χ0) is 15.1. The van der Waals surface area contributed by atoms with E-state index in [9.17, 15) is 9.18 Å². The maximum atomic E-state index is 12.8. The number of nitrogens with one attached hydrogen (secondary N) is 1. The highest BCUT2D eigenvalue weighted by atomic mass is 19.1. The monoisotopic (exact) mass is 286 g/mol. The van der Waals surface area contributed by atoms with Crippen LogP contribution in [0.2, 0.25) is 0 Å². The van der Waals surface area contributed by atoms with Gasteiger partial charge in [0.05, 0.1) is 0 Å². The number of benzene rings is 2. The van der Waals surface area contributed by atoms with Crippen molar-refractivity contribution in [3.8, 4) is 0 Å². The van der Waals surface area contributed by atoms with Gasteiger partial charge in [-0.05, 0) is 29.8 Å². The molecule has 0 atom stereocenters. The predicted molar refractivity (Wildman–Crippen MR) is 82.4 cm³/mol. The van der Waals surface area contributed by atoms with Crippen molar-refractivity contribution < 1.29 is 9.18 Å². The lowest BCUT2D eigenvalue weighted by Crippen LogP contribution is -2.27. The summed E-state index contributed by atoms with van der Waals surface area (Å²) in [5.74, 6) is -0.187. The molecule has 4 heteroatoms. The van der Waals surface area contributed by atoms with Gasteiger partial charge < -0.3 is 10.2 Å². The number of anilines is 1. The first-order valence-corrected chi connectivity index (χ1v) is 6.92. The molecule has 0 unspecified atom stereocenters. The smallest absolute Gasteiger partial charge is 0.224 e. The van der Waals surface area contributed by atoms with Gasteiger partial charge in [0.2, 0.25) is 5.91 Å². The van der Waals surface area contributed by atoms with Crippen LogP contribution < -0.4 is 5.32 Å². The van der Waals surface area contributed by atoms with Crippen LogP contribution in [0, 0.1) is 5.82 Å². The first kappa shape index (κ1) is 15.0. The third-order valence-electron chi connectivity index (χ3n) is 3.20. The molecule has 0 saturated carbocycles. The highest BCUT2D eigenvalue weighted by molar-refractivity contribution is 5.76. The standard InChI is InChI=1S/C17H19FN2O/c1-20(13-14-5-3-2-4-6-14)17(21)11-12-19-16-9-7-15(18)8-10-16/h2-10,19H,11-13H2,1H3. The number of halogens is 1. The van der Waals surface area contributed by atoms with E-state index < -0.39 is 0 Å². The zero-order valence-corrected chi connectivity index (χ0v) is 12.1. The molecule has 0 saturated heterocycles. The second-order valence-corrected chi connectivity index (χ2v) is 4.92. The van der Waals surface area contributed by atoms with E-state index in [1.807, 2.05) is 30.3 Å². The second-order valence-electron chi connectivity index (χ2n) is 4.92. The van der Waals surface area contributed by atoms with Gasteiger partial charge >= 0.3 is 0 Å². The summed E-state index contributed by atoms with van der Waals surface area (Å²) < 4.78 is 12.8. The van der Waals surface area contributed by atoms with Crippen molar-refractivity contribution in [2.75, 3.05) is 18.9 Å². The molecule has 110 valence electrons. The number of rotatable bonds is 6. The molecule has 3 nitrogen and oxygen atoms in total. The minimum Gasteiger partial charge on any atom is -0.385 e. The van der Waals surface area contributed by atoms with Crippen molar-refractivity contribution in [3.63, 3.8) is 0 Å². The van der Waals surface area contributed by atoms with Crippen molar-refractivity contribution in [2.45, 2.75) is 13.0 Å². The Morgan fingerprint density at radius 3 is 2.43 bits per heavy atom. The lowest BCUT2D eigenvalue weighted by Gasteiger charge is -2.17. The molecule has 0 spiro atoms. The molecule has 1 amide bonds. The van der Waals surface area contributed by atoms with Gasteiger partial charge in [-0.15, -0.1) is 0 Å². The van der Waals surface area contributed by atoms with Gasteiger partial charge in [0.15, 0.2) is 0 Å². The molecule has 0 bridgehead atoms. The van der Waals surface area contributed by atoms with Crippen LogP contribution in [0.15, 0.2) is 54.6 Å². The fraction of sp³-hybridized carbons (Fsp3) is 0.235. The number of amides is 1. The lowest BCUT2D eigenvalue weighted by atomic mass is 10.2. The van der Waals surface area contributed by atoms with E-state index in [-0.39, 0.29) is 11.7 Å². The first-order chi connectivity index (χ1) is 10.1. The zero-order valence-electron chi connectivity index (χ0n) is 12.1. The van der Waals surface area contributed by atoms with Crippen LogP contribution >= 0.6 is 0 Å². The van der Waals surface area contributed by atoms with E-state index in [1.54, 1.807) is 24.1 Å². The average Bonchev–Trinajstić information content (AvgIpc) is 2.50. The van der Waals surface area contributed by atoms with E-state index >= 15 is 0 Å². The molecule has 0 fully saturated rings. The van der Waals surface area contributed by atoms with E-state index in [2.05, 4.69) is 5.32 Å². The number of carbonyl (C=O) groups is 1. The number of hydrogen-bond acceptors (Lipinski definition) is 2. The Balaban J connectivity index is 1.75. The molecule has 0 heterocycles. The third kappa shape index (κ3) is 4.91. The van der Waals surface area contributed by atoms with Crippen LogP contribution in [0.5, 0.6) is 0 Å². The molecule has 2 aromatic rings. The first-order valence-electron chi connectivity index (χ1n) is 6.92. The molecular formula is C17H19FN2O. The van der Waals surface area contributed by atoms with E-state index in [0.29, 0.717) is 19.5 Å². The van der Waals surface area contributed by atoms with Crippen molar-refractivity contribution in [1.29, 1.82) is 0 Å². The minimum atomic E-state index is -0.265. The molecule has 0 aliphatic carbocycles. The minimum absolute atomic E-state index is 0.0773. The number of nitrogens with zero attached hydrogens (tertiary/aromatic N) is 1. The summed E-state index contributed by atoms with van der Waals surface area (Å²) in [6.45, 7) is 1.14. The molecule has 2 aromatic carbocycles. The molecule has 0 aliphatic heterocycles. The predicted octanol–water partition coefficient (Wildman–Crippen LogP) is 3.29. The van der Waals surface area contributed by atoms with Gasteiger partial charge in [-0.25, -0.2) is 4.39 Å². The van der Waals surface area contributed by atoms with E-state index in [4.69, 9.17) is 0 Å². The molecule has 0 aromatic heterocycles. The maximum Gasteiger partial charge on any atom is 0.224 e. The van der Waals surface area contributed by atoms with Crippen LogP contribution in [0.1, 0.15) is 12.0 Å². The van der Waals surface area contributed by atoms with Crippen LogP contribution in [0.4, 0.5) is 10.1 Å². The Hall–Kier alpha value is -2.36. The Morgan fingerprint density at radius 1 is 1.10 bits per heavy atom. The van der Waals surface area contributed by atoms with Gasteiger partial charge in [0.1, 0.15) is 5.82 Å². The fourth-order valence-corrected chi connectivity index (χ4v) is 2.02. The molecule has 0 radical (unpaired) electrons. The van der Waals surface area contributed by atoms with Crippen LogP contribution in [-0.4, -0.2) is 24.4 Å². The van der Waals surface area contributed by atoms with Crippen molar-refractivity contribution in [1.82, 2.24) is 4.90 Å². The maximum absolute atomic E-state index is 12.8. The summed E-state index contributed by atoms with van der Waals surface area (Å²) in [7, 11) is 1.80. The van der Waals surface area contributed by atoms with Gasteiger partial charge in [-0.3, -0.25) is 4.79 Å². The highest BCUT2D eigenvalue weighted by Gasteiger charge is 2.08. The Bertz CT molecular complexity index is 569. The topological polar surface area (TPSA) is 32.3 Å². The highest BCUT2D eigenvalue weighted by Crippen LogP contribution is 2.08.